The third-order valence-electron chi connectivity index (χ3n) is 3.91. The standard InChI is InChI=1S/C17H23NO4S/c1-3-6-17(19)22-16-8-5-4-7-15(16)18-23(20,21)14-11-9-13(2)10-12-14/h3,6,9-12,15-16,18H,4-5,7-8H2,1-2H3/b6-3+/t15-,16-/m0/s1. The quantitative estimate of drug-likeness (QED) is 0.662. The molecule has 1 aliphatic rings. The molecule has 1 aromatic rings. The summed E-state index contributed by atoms with van der Waals surface area (Å²) in [5.41, 5.74) is 1.000. The zero-order valence-electron chi connectivity index (χ0n) is 13.5. The normalized spacial score (nSPS) is 22.2. The van der Waals surface area contributed by atoms with Crippen molar-refractivity contribution in [1.82, 2.24) is 4.72 Å². The molecule has 0 heterocycles. The van der Waals surface area contributed by atoms with Crippen molar-refractivity contribution in [2.24, 2.45) is 0 Å². The van der Waals surface area contributed by atoms with E-state index < -0.39 is 22.1 Å². The number of carbonyl (C=O) groups is 1. The van der Waals surface area contributed by atoms with E-state index in [0.29, 0.717) is 12.8 Å². The lowest BCUT2D eigenvalue weighted by Gasteiger charge is -2.31. The number of rotatable bonds is 5. The molecule has 0 bridgehead atoms. The van der Waals surface area contributed by atoms with Crippen LogP contribution in [0.4, 0.5) is 0 Å². The molecule has 0 unspecified atom stereocenters. The molecule has 0 spiro atoms. The van der Waals surface area contributed by atoms with E-state index in [1.807, 2.05) is 6.92 Å². The van der Waals surface area contributed by atoms with Crippen LogP contribution in [0.3, 0.4) is 0 Å². The van der Waals surface area contributed by atoms with Gasteiger partial charge in [0.05, 0.1) is 10.9 Å². The second-order valence-corrected chi connectivity index (χ2v) is 7.51. The zero-order chi connectivity index (χ0) is 16.9. The Kier molecular flexibility index (Phi) is 5.96. The van der Waals surface area contributed by atoms with E-state index in [9.17, 15) is 13.2 Å². The van der Waals surface area contributed by atoms with Gasteiger partial charge in [0.2, 0.25) is 10.0 Å². The van der Waals surface area contributed by atoms with E-state index in [1.165, 1.54) is 6.08 Å². The van der Waals surface area contributed by atoms with Crippen molar-refractivity contribution in [1.29, 1.82) is 0 Å². The molecule has 5 nitrogen and oxygen atoms in total. The predicted molar refractivity (Wildman–Crippen MR) is 88.5 cm³/mol. The molecular formula is C17H23NO4S. The summed E-state index contributed by atoms with van der Waals surface area (Å²) in [4.78, 5) is 11.9. The van der Waals surface area contributed by atoms with E-state index in [2.05, 4.69) is 4.72 Å². The monoisotopic (exact) mass is 337 g/mol. The van der Waals surface area contributed by atoms with E-state index in [0.717, 1.165) is 18.4 Å². The first-order valence-corrected chi connectivity index (χ1v) is 9.33. The molecule has 6 heteroatoms. The molecule has 0 saturated heterocycles. The van der Waals surface area contributed by atoms with Crippen LogP contribution in [0.5, 0.6) is 0 Å². The van der Waals surface area contributed by atoms with E-state index in [4.69, 9.17) is 4.74 Å². The summed E-state index contributed by atoms with van der Waals surface area (Å²) in [6.45, 7) is 3.64. The zero-order valence-corrected chi connectivity index (χ0v) is 14.3. The Morgan fingerprint density at radius 2 is 1.87 bits per heavy atom. The minimum Gasteiger partial charge on any atom is -0.458 e. The van der Waals surface area contributed by atoms with Crippen molar-refractivity contribution >= 4 is 16.0 Å². The van der Waals surface area contributed by atoms with Gasteiger partial charge in [0, 0.05) is 6.08 Å². The van der Waals surface area contributed by atoms with Crippen LogP contribution in [0, 0.1) is 6.92 Å². The molecule has 0 aromatic heterocycles. The number of aryl methyl sites for hydroxylation is 1. The largest absolute Gasteiger partial charge is 0.458 e. The fraction of sp³-hybridized carbons (Fsp3) is 0.471. The Balaban J connectivity index is 2.11. The topological polar surface area (TPSA) is 72.5 Å². The average Bonchev–Trinajstić information content (AvgIpc) is 2.50. The first-order valence-electron chi connectivity index (χ1n) is 7.84. The average molecular weight is 337 g/mol. The Bertz CT molecular complexity index is 664. The smallest absolute Gasteiger partial charge is 0.330 e. The fourth-order valence-corrected chi connectivity index (χ4v) is 3.98. The summed E-state index contributed by atoms with van der Waals surface area (Å²) in [6, 6.07) is 6.31. The third-order valence-corrected chi connectivity index (χ3v) is 5.42. The molecule has 23 heavy (non-hydrogen) atoms. The van der Waals surface area contributed by atoms with Gasteiger partial charge < -0.3 is 4.74 Å². The Morgan fingerprint density at radius 1 is 1.22 bits per heavy atom. The summed E-state index contributed by atoms with van der Waals surface area (Å²) in [7, 11) is -3.62. The number of sulfonamides is 1. The van der Waals surface area contributed by atoms with Crippen LogP contribution in [0.2, 0.25) is 0 Å². The number of carbonyl (C=O) groups excluding carboxylic acids is 1. The van der Waals surface area contributed by atoms with Crippen LogP contribution < -0.4 is 4.72 Å². The fourth-order valence-electron chi connectivity index (χ4n) is 2.68. The van der Waals surface area contributed by atoms with Crippen LogP contribution in [0.15, 0.2) is 41.3 Å². The van der Waals surface area contributed by atoms with Crippen LogP contribution in [0.25, 0.3) is 0 Å². The summed E-state index contributed by atoms with van der Waals surface area (Å²) >= 11 is 0. The number of hydrogen-bond acceptors (Lipinski definition) is 4. The summed E-state index contributed by atoms with van der Waals surface area (Å²) < 4.78 is 33.1. The highest BCUT2D eigenvalue weighted by Gasteiger charge is 2.31. The first-order chi connectivity index (χ1) is 10.9. The molecule has 0 aliphatic heterocycles. The van der Waals surface area contributed by atoms with Gasteiger partial charge in [0.15, 0.2) is 0 Å². The Hall–Kier alpha value is -1.66. The number of allylic oxidation sites excluding steroid dienone is 1. The van der Waals surface area contributed by atoms with Gasteiger partial charge in [0.1, 0.15) is 6.10 Å². The van der Waals surface area contributed by atoms with Crippen molar-refractivity contribution in [3.63, 3.8) is 0 Å². The van der Waals surface area contributed by atoms with Gasteiger partial charge in [0.25, 0.3) is 0 Å². The number of benzene rings is 1. The second kappa shape index (κ2) is 7.75. The van der Waals surface area contributed by atoms with Crippen LogP contribution >= 0.6 is 0 Å². The maximum atomic E-state index is 12.5. The van der Waals surface area contributed by atoms with E-state index >= 15 is 0 Å². The lowest BCUT2D eigenvalue weighted by molar-refractivity contribution is -0.145. The maximum Gasteiger partial charge on any atom is 0.330 e. The predicted octanol–water partition coefficient (Wildman–Crippen LogP) is 2.70. The van der Waals surface area contributed by atoms with Crippen molar-refractivity contribution in [3.8, 4) is 0 Å². The van der Waals surface area contributed by atoms with Crippen molar-refractivity contribution in [2.45, 2.75) is 56.6 Å². The van der Waals surface area contributed by atoms with Gasteiger partial charge >= 0.3 is 5.97 Å². The van der Waals surface area contributed by atoms with Crippen molar-refractivity contribution in [3.05, 3.63) is 42.0 Å². The van der Waals surface area contributed by atoms with E-state index in [-0.39, 0.29) is 10.9 Å². The Morgan fingerprint density at radius 3 is 2.52 bits per heavy atom. The van der Waals surface area contributed by atoms with Crippen molar-refractivity contribution < 1.29 is 17.9 Å². The highest BCUT2D eigenvalue weighted by molar-refractivity contribution is 7.89. The molecule has 1 fully saturated rings. The highest BCUT2D eigenvalue weighted by atomic mass is 32.2. The third kappa shape index (κ3) is 4.91. The molecule has 1 aliphatic carbocycles. The van der Waals surface area contributed by atoms with Gasteiger partial charge in [-0.15, -0.1) is 0 Å². The number of nitrogens with one attached hydrogen (secondary N) is 1. The van der Waals surface area contributed by atoms with Crippen LogP contribution in [-0.4, -0.2) is 26.5 Å². The maximum absolute atomic E-state index is 12.5. The molecule has 0 radical (unpaired) electrons. The lowest BCUT2D eigenvalue weighted by Crippen LogP contribution is -2.46. The minimum atomic E-state index is -3.62. The first kappa shape index (κ1) is 17.7. The SMILES string of the molecule is C/C=C/C(=O)O[C@H]1CCCC[C@@H]1NS(=O)(=O)c1ccc(C)cc1. The van der Waals surface area contributed by atoms with Gasteiger partial charge in [-0.25, -0.2) is 17.9 Å². The van der Waals surface area contributed by atoms with Gasteiger partial charge in [-0.1, -0.05) is 30.2 Å². The van der Waals surface area contributed by atoms with Crippen LogP contribution in [0.1, 0.15) is 38.2 Å². The molecule has 126 valence electrons. The summed E-state index contributed by atoms with van der Waals surface area (Å²) in [6.07, 6.45) is 5.71. The lowest BCUT2D eigenvalue weighted by atomic mass is 9.93. The number of esters is 1. The summed E-state index contributed by atoms with van der Waals surface area (Å²) in [5, 5.41) is 0. The highest BCUT2D eigenvalue weighted by Crippen LogP contribution is 2.23. The Labute approximate surface area is 137 Å². The molecule has 0 amide bonds. The molecule has 2 atom stereocenters. The van der Waals surface area contributed by atoms with Gasteiger partial charge in [-0.3, -0.25) is 0 Å². The minimum absolute atomic E-state index is 0.229. The van der Waals surface area contributed by atoms with Gasteiger partial charge in [-0.05, 0) is 45.2 Å². The molecular weight excluding hydrogens is 314 g/mol. The summed E-state index contributed by atoms with van der Waals surface area (Å²) in [5.74, 6) is -0.432. The second-order valence-electron chi connectivity index (χ2n) is 5.80. The van der Waals surface area contributed by atoms with E-state index in [1.54, 1.807) is 37.3 Å². The van der Waals surface area contributed by atoms with Gasteiger partial charge in [-0.2, -0.15) is 0 Å². The molecule has 2 rings (SSSR count). The molecule has 1 N–H and O–H groups in total. The molecule has 1 saturated carbocycles. The van der Waals surface area contributed by atoms with Crippen LogP contribution in [-0.2, 0) is 19.6 Å². The number of ether oxygens (including phenoxy) is 1. The number of hydrogen-bond donors (Lipinski definition) is 1. The van der Waals surface area contributed by atoms with Crippen molar-refractivity contribution in [2.75, 3.05) is 0 Å². The molecule has 1 aromatic carbocycles.